The molecular weight excluding hydrogens is 406 g/mol. The molecule has 10 heteroatoms. The lowest BCUT2D eigenvalue weighted by molar-refractivity contribution is 0.0701. The third-order valence-corrected chi connectivity index (χ3v) is 6.24. The number of piperidine rings is 1. The number of H-pyrrole nitrogens is 1. The van der Waals surface area contributed by atoms with Crippen LogP contribution in [0.15, 0.2) is 35.3 Å². The Bertz CT molecular complexity index is 1160. The van der Waals surface area contributed by atoms with E-state index in [1.807, 2.05) is 23.1 Å². The van der Waals surface area contributed by atoms with E-state index in [1.165, 1.54) is 6.20 Å². The average Bonchev–Trinajstić information content (AvgIpc) is 3.24. The van der Waals surface area contributed by atoms with Crippen LogP contribution in [0.25, 0.3) is 10.9 Å². The maximum atomic E-state index is 12.7. The van der Waals surface area contributed by atoms with Gasteiger partial charge in [-0.25, -0.2) is 9.78 Å². The van der Waals surface area contributed by atoms with Gasteiger partial charge in [-0.2, -0.15) is 0 Å². The minimum absolute atomic E-state index is 0.0635. The maximum Gasteiger partial charge on any atom is 0.347 e. The van der Waals surface area contributed by atoms with Crippen LogP contribution in [0.5, 0.6) is 0 Å². The van der Waals surface area contributed by atoms with Gasteiger partial charge in [0.1, 0.15) is 10.4 Å². The SMILES string of the molecule is CNc1cccc2cc(C(=O)NC3CCN(c4ncc(C(=O)O)s4)CC3)c(=O)[nH]c12. The second-order valence-electron chi connectivity index (χ2n) is 7.08. The summed E-state index contributed by atoms with van der Waals surface area (Å²) in [6, 6.07) is 7.11. The number of carboxylic acid groups (broad SMARTS) is 1. The Morgan fingerprint density at radius 3 is 2.73 bits per heavy atom. The number of aromatic amines is 1. The first-order chi connectivity index (χ1) is 14.5. The molecule has 4 rings (SSSR count). The molecular formula is C20H21N5O4S. The normalized spacial score (nSPS) is 14.6. The van der Waals surface area contributed by atoms with E-state index in [4.69, 9.17) is 5.11 Å². The van der Waals surface area contributed by atoms with Crippen molar-refractivity contribution in [3.05, 3.63) is 51.3 Å². The number of aromatic nitrogens is 2. The zero-order valence-corrected chi connectivity index (χ0v) is 17.1. The number of carbonyl (C=O) groups is 2. The molecule has 0 aliphatic carbocycles. The smallest absolute Gasteiger partial charge is 0.347 e. The molecule has 0 spiro atoms. The van der Waals surface area contributed by atoms with Crippen LogP contribution in [-0.4, -0.2) is 53.1 Å². The van der Waals surface area contributed by atoms with Crippen molar-refractivity contribution < 1.29 is 14.7 Å². The van der Waals surface area contributed by atoms with Crippen LogP contribution >= 0.6 is 11.3 Å². The van der Waals surface area contributed by atoms with Crippen molar-refractivity contribution in [1.82, 2.24) is 15.3 Å². The van der Waals surface area contributed by atoms with Gasteiger partial charge in [0.05, 0.1) is 17.4 Å². The monoisotopic (exact) mass is 427 g/mol. The molecule has 2 aromatic heterocycles. The maximum absolute atomic E-state index is 12.7. The summed E-state index contributed by atoms with van der Waals surface area (Å²) in [5, 5.41) is 16.5. The van der Waals surface area contributed by atoms with E-state index in [0.717, 1.165) is 22.4 Å². The van der Waals surface area contributed by atoms with E-state index in [-0.39, 0.29) is 16.5 Å². The summed E-state index contributed by atoms with van der Waals surface area (Å²) < 4.78 is 0. The summed E-state index contributed by atoms with van der Waals surface area (Å²) in [7, 11) is 1.77. The molecule has 1 aliphatic heterocycles. The fraction of sp³-hybridized carbons (Fsp3) is 0.300. The van der Waals surface area contributed by atoms with E-state index < -0.39 is 17.4 Å². The van der Waals surface area contributed by atoms with E-state index >= 15 is 0 Å². The molecule has 1 fully saturated rings. The highest BCUT2D eigenvalue weighted by molar-refractivity contribution is 7.17. The van der Waals surface area contributed by atoms with Crippen LogP contribution in [0.3, 0.4) is 0 Å². The molecule has 4 N–H and O–H groups in total. The van der Waals surface area contributed by atoms with Gasteiger partial charge in [0.15, 0.2) is 5.13 Å². The number of aromatic carboxylic acids is 1. The summed E-state index contributed by atoms with van der Waals surface area (Å²) in [6.07, 6.45) is 2.73. The molecule has 1 saturated heterocycles. The summed E-state index contributed by atoms with van der Waals surface area (Å²) in [4.78, 5) is 45.4. The Morgan fingerprint density at radius 2 is 2.07 bits per heavy atom. The minimum atomic E-state index is -0.983. The van der Waals surface area contributed by atoms with Gasteiger partial charge in [-0.15, -0.1) is 0 Å². The highest BCUT2D eigenvalue weighted by Crippen LogP contribution is 2.26. The lowest BCUT2D eigenvalue weighted by Crippen LogP contribution is -2.45. The first-order valence-corrected chi connectivity index (χ1v) is 10.4. The average molecular weight is 427 g/mol. The number of rotatable bonds is 5. The topological polar surface area (TPSA) is 127 Å². The minimum Gasteiger partial charge on any atom is -0.477 e. The molecule has 9 nitrogen and oxygen atoms in total. The predicted molar refractivity (Wildman–Crippen MR) is 116 cm³/mol. The third kappa shape index (κ3) is 3.86. The van der Waals surface area contributed by atoms with Crippen molar-refractivity contribution in [3.63, 3.8) is 0 Å². The van der Waals surface area contributed by atoms with Crippen molar-refractivity contribution in [3.8, 4) is 0 Å². The largest absolute Gasteiger partial charge is 0.477 e. The summed E-state index contributed by atoms with van der Waals surface area (Å²) in [5.41, 5.74) is 1.12. The third-order valence-electron chi connectivity index (χ3n) is 5.20. The fourth-order valence-corrected chi connectivity index (χ4v) is 4.40. The summed E-state index contributed by atoms with van der Waals surface area (Å²) >= 11 is 1.14. The molecule has 156 valence electrons. The number of amides is 1. The first kappa shape index (κ1) is 19.9. The Morgan fingerprint density at radius 1 is 1.30 bits per heavy atom. The zero-order chi connectivity index (χ0) is 21.3. The van der Waals surface area contributed by atoms with Gasteiger partial charge < -0.3 is 25.6 Å². The van der Waals surface area contributed by atoms with Gasteiger partial charge in [0, 0.05) is 31.6 Å². The van der Waals surface area contributed by atoms with E-state index in [0.29, 0.717) is 36.6 Å². The molecule has 3 aromatic rings. The first-order valence-electron chi connectivity index (χ1n) is 9.55. The molecule has 0 bridgehead atoms. The molecule has 0 unspecified atom stereocenters. The summed E-state index contributed by atoms with van der Waals surface area (Å²) in [5.74, 6) is -1.38. The molecule has 0 atom stereocenters. The number of hydrogen-bond acceptors (Lipinski definition) is 7. The zero-order valence-electron chi connectivity index (χ0n) is 16.3. The van der Waals surface area contributed by atoms with E-state index in [1.54, 1.807) is 13.1 Å². The number of benzene rings is 1. The Balaban J connectivity index is 1.43. The Labute approximate surface area is 175 Å². The van der Waals surface area contributed by atoms with Gasteiger partial charge >= 0.3 is 5.97 Å². The molecule has 1 aromatic carbocycles. The number of pyridine rings is 1. The Hall–Kier alpha value is -3.40. The summed E-state index contributed by atoms with van der Waals surface area (Å²) in [6.45, 7) is 1.30. The number of carboxylic acids is 1. The molecule has 3 heterocycles. The second kappa shape index (κ2) is 8.15. The van der Waals surface area contributed by atoms with Gasteiger partial charge in [-0.3, -0.25) is 9.59 Å². The van der Waals surface area contributed by atoms with Crippen molar-refractivity contribution in [2.45, 2.75) is 18.9 Å². The number of thiazole rings is 1. The van der Waals surface area contributed by atoms with Crippen molar-refractivity contribution in [2.24, 2.45) is 0 Å². The Kier molecular flexibility index (Phi) is 5.40. The number of anilines is 2. The standard InChI is InChI=1S/C20H21N5O4S/c1-21-14-4-2-3-11-9-13(18(27)24-16(11)14)17(26)23-12-5-7-25(8-6-12)20-22-10-15(30-20)19(28)29/h2-4,9-10,12,21H,5-8H2,1H3,(H,23,26)(H,24,27)(H,28,29). The predicted octanol–water partition coefficient (Wildman–Crippen LogP) is 2.12. The van der Waals surface area contributed by atoms with Gasteiger partial charge in [0.2, 0.25) is 0 Å². The highest BCUT2D eigenvalue weighted by atomic mass is 32.1. The number of nitrogens with one attached hydrogen (secondary N) is 3. The van der Waals surface area contributed by atoms with Gasteiger partial charge in [0.25, 0.3) is 11.5 Å². The molecule has 1 aliphatic rings. The van der Waals surface area contributed by atoms with Crippen LogP contribution in [0.2, 0.25) is 0 Å². The van der Waals surface area contributed by atoms with E-state index in [9.17, 15) is 14.4 Å². The molecule has 0 radical (unpaired) electrons. The highest BCUT2D eigenvalue weighted by Gasteiger charge is 2.24. The number of nitrogens with zero attached hydrogens (tertiary/aromatic N) is 2. The van der Waals surface area contributed by atoms with Crippen LogP contribution < -0.4 is 21.1 Å². The lowest BCUT2D eigenvalue weighted by Gasteiger charge is -2.32. The fourth-order valence-electron chi connectivity index (χ4n) is 3.60. The lowest BCUT2D eigenvalue weighted by atomic mass is 10.0. The van der Waals surface area contributed by atoms with Crippen LogP contribution in [-0.2, 0) is 0 Å². The number of carbonyl (C=O) groups excluding carboxylic acids is 1. The van der Waals surface area contributed by atoms with Crippen LogP contribution in [0, 0.1) is 0 Å². The number of hydrogen-bond donors (Lipinski definition) is 4. The quantitative estimate of drug-likeness (QED) is 0.491. The van der Waals surface area contributed by atoms with Crippen LogP contribution in [0.4, 0.5) is 10.8 Å². The number of fused-ring (bicyclic) bond motifs is 1. The van der Waals surface area contributed by atoms with Gasteiger partial charge in [-0.1, -0.05) is 23.5 Å². The second-order valence-corrected chi connectivity index (χ2v) is 8.09. The molecule has 1 amide bonds. The van der Waals surface area contributed by atoms with Gasteiger partial charge in [-0.05, 0) is 25.0 Å². The van der Waals surface area contributed by atoms with Crippen molar-refractivity contribution in [2.75, 3.05) is 30.4 Å². The van der Waals surface area contributed by atoms with E-state index in [2.05, 4.69) is 20.6 Å². The number of para-hydroxylation sites is 1. The molecule has 0 saturated carbocycles. The van der Waals surface area contributed by atoms with Crippen molar-refractivity contribution >= 4 is 44.9 Å². The van der Waals surface area contributed by atoms with Crippen molar-refractivity contribution in [1.29, 1.82) is 0 Å². The van der Waals surface area contributed by atoms with Crippen LogP contribution in [0.1, 0.15) is 32.9 Å². The molecule has 30 heavy (non-hydrogen) atoms.